The van der Waals surface area contributed by atoms with Gasteiger partial charge >= 0.3 is 0 Å². The second kappa shape index (κ2) is 7.64. The van der Waals surface area contributed by atoms with Crippen LogP contribution in [0.4, 0.5) is 0 Å². The predicted molar refractivity (Wildman–Crippen MR) is 74.9 cm³/mol. The van der Waals surface area contributed by atoms with Gasteiger partial charge in [0, 0.05) is 25.4 Å². The van der Waals surface area contributed by atoms with Crippen LogP contribution in [0.2, 0.25) is 0 Å². The highest BCUT2D eigenvalue weighted by Crippen LogP contribution is 2.27. The van der Waals surface area contributed by atoms with Gasteiger partial charge in [-0.05, 0) is 19.3 Å². The Morgan fingerprint density at radius 3 is 2.53 bits per heavy atom. The molecule has 0 heterocycles. The van der Waals surface area contributed by atoms with E-state index in [-0.39, 0.29) is 0 Å². The minimum Gasteiger partial charge on any atom is -0.393 e. The Kier molecular flexibility index (Phi) is 6.48. The third-order valence-electron chi connectivity index (χ3n) is 3.15. The molecule has 0 radical (unpaired) electrons. The minimum absolute atomic E-state index is 0.292. The van der Waals surface area contributed by atoms with Crippen molar-refractivity contribution in [3.05, 3.63) is 0 Å². The van der Waals surface area contributed by atoms with Gasteiger partial charge in [-0.1, -0.05) is 38.4 Å². The molecule has 0 aromatic rings. The summed E-state index contributed by atoms with van der Waals surface area (Å²) in [6.45, 7) is 2.90. The topological polar surface area (TPSA) is 46.3 Å². The zero-order valence-electron chi connectivity index (χ0n) is 10.8. The first kappa shape index (κ1) is 14.4. The number of carbonyl (C=O) groups is 1. The van der Waals surface area contributed by atoms with E-state index < -0.39 is 0 Å². The molecule has 1 aliphatic rings. The maximum atomic E-state index is 12.0. The molecule has 0 bridgehead atoms. The first-order valence-electron chi connectivity index (χ1n) is 6.73. The molecule has 1 rings (SSSR count). The van der Waals surface area contributed by atoms with Crippen LogP contribution in [0.5, 0.6) is 0 Å². The quantitative estimate of drug-likeness (QED) is 0.509. The van der Waals surface area contributed by atoms with Crippen molar-refractivity contribution in [3.8, 4) is 0 Å². The average Bonchev–Trinajstić information content (AvgIpc) is 3.08. The summed E-state index contributed by atoms with van der Waals surface area (Å²) in [7, 11) is 0. The van der Waals surface area contributed by atoms with Gasteiger partial charge < -0.3 is 10.6 Å². The van der Waals surface area contributed by atoms with Gasteiger partial charge in [0.25, 0.3) is 0 Å². The largest absolute Gasteiger partial charge is 0.393 e. The molecule has 1 saturated carbocycles. The fourth-order valence-electron chi connectivity index (χ4n) is 1.97. The Hall–Kier alpha value is -0.640. The van der Waals surface area contributed by atoms with Crippen molar-refractivity contribution in [1.29, 1.82) is 0 Å². The molecule has 98 valence electrons. The number of hydrogen-bond acceptors (Lipinski definition) is 2. The van der Waals surface area contributed by atoms with Crippen molar-refractivity contribution < 1.29 is 4.79 Å². The molecule has 0 aromatic heterocycles. The van der Waals surface area contributed by atoms with Crippen LogP contribution in [0.25, 0.3) is 0 Å². The third-order valence-corrected chi connectivity index (χ3v) is 3.36. The van der Waals surface area contributed by atoms with Gasteiger partial charge in [0.15, 0.2) is 0 Å². The molecule has 0 aliphatic heterocycles. The Bertz CT molecular complexity index is 264. The highest BCUT2D eigenvalue weighted by Gasteiger charge is 2.31. The number of carbonyl (C=O) groups excluding carboxylic acids is 1. The van der Waals surface area contributed by atoms with E-state index in [1.54, 1.807) is 0 Å². The normalized spacial score (nSPS) is 14.6. The van der Waals surface area contributed by atoms with Crippen LogP contribution in [0.1, 0.15) is 58.3 Å². The first-order valence-corrected chi connectivity index (χ1v) is 7.13. The van der Waals surface area contributed by atoms with Crippen molar-refractivity contribution in [3.63, 3.8) is 0 Å². The molecular weight excluding hydrogens is 232 g/mol. The molecule has 0 spiro atoms. The van der Waals surface area contributed by atoms with Gasteiger partial charge in [0.1, 0.15) is 0 Å². The van der Waals surface area contributed by atoms with E-state index in [0.29, 0.717) is 36.3 Å². The van der Waals surface area contributed by atoms with Gasteiger partial charge in [-0.2, -0.15) is 0 Å². The van der Waals surface area contributed by atoms with Crippen LogP contribution in [-0.2, 0) is 4.79 Å². The molecule has 2 N–H and O–H groups in total. The van der Waals surface area contributed by atoms with Gasteiger partial charge in [-0.15, -0.1) is 0 Å². The molecule has 1 amide bonds. The molecular formula is C13H24N2OS. The van der Waals surface area contributed by atoms with Gasteiger partial charge in [0.05, 0.1) is 4.99 Å². The number of nitrogens with two attached hydrogens (primary N) is 1. The van der Waals surface area contributed by atoms with Crippen molar-refractivity contribution in [1.82, 2.24) is 4.90 Å². The molecule has 0 aromatic carbocycles. The predicted octanol–water partition coefficient (Wildman–Crippen LogP) is 2.62. The maximum Gasteiger partial charge on any atom is 0.222 e. The lowest BCUT2D eigenvalue weighted by atomic mass is 10.1. The highest BCUT2D eigenvalue weighted by molar-refractivity contribution is 7.80. The monoisotopic (exact) mass is 256 g/mol. The second-order valence-electron chi connectivity index (χ2n) is 4.85. The van der Waals surface area contributed by atoms with Crippen molar-refractivity contribution in [2.75, 3.05) is 6.54 Å². The summed E-state index contributed by atoms with van der Waals surface area (Å²) >= 11 is 4.87. The zero-order valence-corrected chi connectivity index (χ0v) is 11.6. The van der Waals surface area contributed by atoms with E-state index >= 15 is 0 Å². The Morgan fingerprint density at radius 1 is 1.29 bits per heavy atom. The fourth-order valence-corrected chi connectivity index (χ4v) is 2.07. The van der Waals surface area contributed by atoms with Gasteiger partial charge in [-0.25, -0.2) is 0 Å². The Labute approximate surface area is 110 Å². The van der Waals surface area contributed by atoms with Gasteiger partial charge in [-0.3, -0.25) is 4.79 Å². The van der Waals surface area contributed by atoms with Crippen molar-refractivity contribution >= 4 is 23.1 Å². The van der Waals surface area contributed by atoms with Crippen LogP contribution in [0.15, 0.2) is 0 Å². The maximum absolute atomic E-state index is 12.0. The average molecular weight is 256 g/mol. The van der Waals surface area contributed by atoms with E-state index in [9.17, 15) is 4.79 Å². The van der Waals surface area contributed by atoms with Gasteiger partial charge in [0.2, 0.25) is 5.91 Å². The molecule has 17 heavy (non-hydrogen) atoms. The van der Waals surface area contributed by atoms with E-state index in [2.05, 4.69) is 6.92 Å². The lowest BCUT2D eigenvalue weighted by Crippen LogP contribution is -2.35. The fraction of sp³-hybridized carbons (Fsp3) is 0.846. The summed E-state index contributed by atoms with van der Waals surface area (Å²) in [4.78, 5) is 14.5. The summed E-state index contributed by atoms with van der Waals surface area (Å²) in [5.41, 5.74) is 5.49. The van der Waals surface area contributed by atoms with Crippen molar-refractivity contribution in [2.24, 2.45) is 5.73 Å². The molecule has 1 fully saturated rings. The van der Waals surface area contributed by atoms with E-state index in [1.807, 2.05) is 4.90 Å². The molecule has 1 aliphatic carbocycles. The standard InChI is InChI=1S/C13H24N2OS/c1-2-3-4-5-6-13(16)15(11-7-8-11)10-9-12(14)17/h11H,2-10H2,1H3,(H2,14,17). The lowest BCUT2D eigenvalue weighted by molar-refractivity contribution is -0.131. The summed E-state index contributed by atoms with van der Waals surface area (Å²) in [5, 5.41) is 0. The molecule has 4 heteroatoms. The number of unbranched alkanes of at least 4 members (excludes halogenated alkanes) is 3. The van der Waals surface area contributed by atoms with E-state index in [0.717, 1.165) is 25.7 Å². The molecule has 3 nitrogen and oxygen atoms in total. The number of thiocarbonyl (C=S) groups is 1. The Balaban J connectivity index is 2.25. The van der Waals surface area contributed by atoms with Crippen molar-refractivity contribution in [2.45, 2.75) is 64.3 Å². The van der Waals surface area contributed by atoms with Crippen LogP contribution >= 0.6 is 12.2 Å². The number of nitrogens with zero attached hydrogens (tertiary/aromatic N) is 1. The second-order valence-corrected chi connectivity index (χ2v) is 5.37. The van der Waals surface area contributed by atoms with Crippen LogP contribution in [-0.4, -0.2) is 28.4 Å². The number of amides is 1. The van der Waals surface area contributed by atoms with Crippen LogP contribution in [0.3, 0.4) is 0 Å². The summed E-state index contributed by atoms with van der Waals surface area (Å²) in [6.07, 6.45) is 8.26. The highest BCUT2D eigenvalue weighted by atomic mass is 32.1. The van der Waals surface area contributed by atoms with Crippen LogP contribution in [0, 0.1) is 0 Å². The van der Waals surface area contributed by atoms with E-state index in [4.69, 9.17) is 18.0 Å². The summed E-state index contributed by atoms with van der Waals surface area (Å²) < 4.78 is 0. The van der Waals surface area contributed by atoms with E-state index in [1.165, 1.54) is 12.8 Å². The smallest absolute Gasteiger partial charge is 0.222 e. The first-order chi connectivity index (χ1) is 8.15. The Morgan fingerprint density at radius 2 is 2.00 bits per heavy atom. The zero-order chi connectivity index (χ0) is 12.7. The SMILES string of the molecule is CCCCCCC(=O)N(CCC(N)=S)C1CC1. The number of hydrogen-bond donors (Lipinski definition) is 1. The summed E-state index contributed by atoms with van der Waals surface area (Å²) in [5.74, 6) is 0.292. The number of rotatable bonds is 9. The van der Waals surface area contributed by atoms with Crippen LogP contribution < -0.4 is 5.73 Å². The third kappa shape index (κ3) is 6.01. The molecule has 0 atom stereocenters. The molecule has 0 saturated heterocycles. The molecule has 0 unspecified atom stereocenters. The minimum atomic E-state index is 0.292. The lowest BCUT2D eigenvalue weighted by Gasteiger charge is -2.22. The summed E-state index contributed by atoms with van der Waals surface area (Å²) in [6, 6.07) is 0.475.